The first-order valence-corrected chi connectivity index (χ1v) is 8.38. The van der Waals surface area contributed by atoms with Crippen LogP contribution < -0.4 is 4.90 Å². The first-order valence-electron chi connectivity index (χ1n) is 8.38. The van der Waals surface area contributed by atoms with E-state index >= 15 is 0 Å². The Hall–Kier alpha value is -2.87. The number of hydrogen-bond donors (Lipinski definition) is 2. The second-order valence-electron chi connectivity index (χ2n) is 6.61. The Bertz CT molecular complexity index is 904. The number of anilines is 1. The van der Waals surface area contributed by atoms with Crippen molar-refractivity contribution >= 4 is 5.82 Å². The van der Waals surface area contributed by atoms with Crippen molar-refractivity contribution in [3.8, 4) is 11.5 Å². The fourth-order valence-corrected chi connectivity index (χ4v) is 3.61. The van der Waals surface area contributed by atoms with Gasteiger partial charge in [-0.05, 0) is 31.4 Å². The molecule has 3 aromatic heterocycles. The lowest BCUT2D eigenvalue weighted by Crippen LogP contribution is -2.60. The van der Waals surface area contributed by atoms with Gasteiger partial charge in [0.2, 0.25) is 0 Å². The molecule has 0 amide bonds. The standard InChI is InChI=1S/C17H17N7O/c25-17(14-8-19-23-22-14)9-24(10-17)16-11-4-3-6-12(11)20-15(21-16)13-5-1-2-7-18-13/h1-2,5,7-8,25H,3-4,6,9-10H2,(H,19,22,23). The second-order valence-corrected chi connectivity index (χ2v) is 6.61. The quantitative estimate of drug-likeness (QED) is 0.731. The van der Waals surface area contributed by atoms with Crippen LogP contribution in [-0.4, -0.2) is 48.6 Å². The molecule has 0 aromatic carbocycles. The lowest BCUT2D eigenvalue weighted by molar-refractivity contribution is 0.00277. The van der Waals surface area contributed by atoms with Crippen LogP contribution in [0.2, 0.25) is 0 Å². The number of H-pyrrole nitrogens is 1. The van der Waals surface area contributed by atoms with Gasteiger partial charge in [0.1, 0.15) is 22.8 Å². The molecule has 5 rings (SSSR count). The molecule has 8 heteroatoms. The smallest absolute Gasteiger partial charge is 0.180 e. The topological polar surface area (TPSA) is 104 Å². The zero-order valence-corrected chi connectivity index (χ0v) is 13.6. The molecule has 1 saturated heterocycles. The van der Waals surface area contributed by atoms with Gasteiger partial charge in [-0.2, -0.15) is 15.4 Å². The summed E-state index contributed by atoms with van der Waals surface area (Å²) in [6.45, 7) is 0.898. The van der Waals surface area contributed by atoms with E-state index in [1.165, 1.54) is 5.56 Å². The van der Waals surface area contributed by atoms with Gasteiger partial charge in [0, 0.05) is 17.5 Å². The number of aliphatic hydroxyl groups is 1. The molecule has 2 aliphatic rings. The van der Waals surface area contributed by atoms with Crippen LogP contribution in [0.5, 0.6) is 0 Å². The van der Waals surface area contributed by atoms with Crippen molar-refractivity contribution in [2.45, 2.75) is 24.9 Å². The van der Waals surface area contributed by atoms with Gasteiger partial charge < -0.3 is 10.0 Å². The molecule has 3 aromatic rings. The number of pyridine rings is 1. The van der Waals surface area contributed by atoms with Crippen LogP contribution >= 0.6 is 0 Å². The monoisotopic (exact) mass is 335 g/mol. The van der Waals surface area contributed by atoms with E-state index < -0.39 is 5.60 Å². The van der Waals surface area contributed by atoms with E-state index in [1.54, 1.807) is 12.4 Å². The Labute approximate surface area is 144 Å². The van der Waals surface area contributed by atoms with Gasteiger partial charge in [0.25, 0.3) is 0 Å². The summed E-state index contributed by atoms with van der Waals surface area (Å²) in [6, 6.07) is 5.74. The van der Waals surface area contributed by atoms with Crippen molar-refractivity contribution in [3.63, 3.8) is 0 Å². The number of rotatable bonds is 3. The zero-order chi connectivity index (χ0) is 16.9. The number of aromatic nitrogens is 6. The molecule has 1 aliphatic carbocycles. The molecule has 0 bridgehead atoms. The summed E-state index contributed by atoms with van der Waals surface area (Å²) in [5.74, 6) is 1.56. The van der Waals surface area contributed by atoms with Crippen LogP contribution in [0.15, 0.2) is 30.6 Å². The van der Waals surface area contributed by atoms with E-state index in [0.29, 0.717) is 24.6 Å². The Morgan fingerprint density at radius 2 is 2.08 bits per heavy atom. The van der Waals surface area contributed by atoms with Crippen LogP contribution in [0.25, 0.3) is 11.5 Å². The van der Waals surface area contributed by atoms with Crippen molar-refractivity contribution in [2.75, 3.05) is 18.0 Å². The fourth-order valence-electron chi connectivity index (χ4n) is 3.61. The number of aromatic amines is 1. The van der Waals surface area contributed by atoms with E-state index in [9.17, 15) is 5.11 Å². The highest BCUT2D eigenvalue weighted by Gasteiger charge is 2.46. The van der Waals surface area contributed by atoms with Crippen molar-refractivity contribution in [2.24, 2.45) is 0 Å². The normalized spacial score (nSPS) is 18.0. The summed E-state index contributed by atoms with van der Waals surface area (Å²) in [6.07, 6.45) is 6.35. The van der Waals surface area contributed by atoms with Crippen molar-refractivity contribution in [3.05, 3.63) is 47.5 Å². The summed E-state index contributed by atoms with van der Waals surface area (Å²) in [5, 5.41) is 21.1. The highest BCUT2D eigenvalue weighted by Crippen LogP contribution is 2.38. The number of hydrogen-bond acceptors (Lipinski definition) is 7. The van der Waals surface area contributed by atoms with Crippen LogP contribution in [0, 0.1) is 0 Å². The minimum absolute atomic E-state index is 0.449. The molecule has 0 atom stereocenters. The van der Waals surface area contributed by atoms with E-state index in [-0.39, 0.29) is 0 Å². The average molecular weight is 335 g/mol. The van der Waals surface area contributed by atoms with Gasteiger partial charge in [-0.1, -0.05) is 6.07 Å². The van der Waals surface area contributed by atoms with Crippen molar-refractivity contribution in [1.29, 1.82) is 0 Å². The maximum Gasteiger partial charge on any atom is 0.180 e. The van der Waals surface area contributed by atoms with Gasteiger partial charge >= 0.3 is 0 Å². The summed E-state index contributed by atoms with van der Waals surface area (Å²) in [7, 11) is 0. The molecule has 126 valence electrons. The Kier molecular flexibility index (Phi) is 3.08. The first-order chi connectivity index (χ1) is 12.2. The fraction of sp³-hybridized carbons (Fsp3) is 0.353. The lowest BCUT2D eigenvalue weighted by Gasteiger charge is -2.46. The second kappa shape index (κ2) is 5.32. The molecule has 2 N–H and O–H groups in total. The minimum atomic E-state index is -0.978. The van der Waals surface area contributed by atoms with Crippen molar-refractivity contribution < 1.29 is 5.11 Å². The number of nitrogens with one attached hydrogen (secondary N) is 1. The first kappa shape index (κ1) is 14.5. The molecular formula is C17H17N7O. The van der Waals surface area contributed by atoms with Crippen LogP contribution in [-0.2, 0) is 18.4 Å². The molecule has 0 radical (unpaired) electrons. The summed E-state index contributed by atoms with van der Waals surface area (Å²) in [4.78, 5) is 16.0. The molecular weight excluding hydrogens is 318 g/mol. The maximum absolute atomic E-state index is 10.7. The molecule has 1 fully saturated rings. The van der Waals surface area contributed by atoms with E-state index in [2.05, 4.69) is 25.3 Å². The van der Waals surface area contributed by atoms with E-state index in [4.69, 9.17) is 9.97 Å². The third-order valence-corrected chi connectivity index (χ3v) is 4.90. The predicted octanol–water partition coefficient (Wildman–Crippen LogP) is 0.853. The molecule has 0 unspecified atom stereocenters. The van der Waals surface area contributed by atoms with Crippen LogP contribution in [0.3, 0.4) is 0 Å². The molecule has 1 aliphatic heterocycles. The molecule has 0 saturated carbocycles. The predicted molar refractivity (Wildman–Crippen MR) is 89.8 cm³/mol. The van der Waals surface area contributed by atoms with Crippen LogP contribution in [0.4, 0.5) is 5.82 Å². The largest absolute Gasteiger partial charge is 0.380 e. The third-order valence-electron chi connectivity index (χ3n) is 4.90. The van der Waals surface area contributed by atoms with Gasteiger partial charge in [-0.15, -0.1) is 0 Å². The van der Waals surface area contributed by atoms with E-state index in [1.807, 2.05) is 18.2 Å². The van der Waals surface area contributed by atoms with Crippen LogP contribution in [0.1, 0.15) is 23.4 Å². The number of fused-ring (bicyclic) bond motifs is 1. The summed E-state index contributed by atoms with van der Waals surface area (Å²) >= 11 is 0. The average Bonchev–Trinajstić information content (AvgIpc) is 3.30. The molecule has 4 heterocycles. The highest BCUT2D eigenvalue weighted by molar-refractivity contribution is 5.60. The van der Waals surface area contributed by atoms with Gasteiger partial charge in [-0.3, -0.25) is 4.98 Å². The maximum atomic E-state index is 10.7. The Balaban J connectivity index is 1.51. The number of nitrogens with zero attached hydrogens (tertiary/aromatic N) is 6. The third kappa shape index (κ3) is 2.29. The molecule has 25 heavy (non-hydrogen) atoms. The Morgan fingerprint density at radius 1 is 1.16 bits per heavy atom. The lowest BCUT2D eigenvalue weighted by atomic mass is 9.90. The Morgan fingerprint density at radius 3 is 2.84 bits per heavy atom. The number of aryl methyl sites for hydroxylation is 1. The number of β-amino-alcohol motifs (C(OH)–C–C–N with tert-alkyl or cyclic N) is 1. The molecule has 8 nitrogen and oxygen atoms in total. The highest BCUT2D eigenvalue weighted by atomic mass is 16.3. The minimum Gasteiger partial charge on any atom is -0.380 e. The van der Waals surface area contributed by atoms with E-state index in [0.717, 1.165) is 36.5 Å². The van der Waals surface area contributed by atoms with Gasteiger partial charge in [-0.25, -0.2) is 9.97 Å². The zero-order valence-electron chi connectivity index (χ0n) is 13.6. The van der Waals surface area contributed by atoms with Gasteiger partial charge in [0.15, 0.2) is 5.82 Å². The summed E-state index contributed by atoms with van der Waals surface area (Å²) < 4.78 is 0. The summed E-state index contributed by atoms with van der Waals surface area (Å²) in [5.41, 5.74) is 2.66. The van der Waals surface area contributed by atoms with Crippen molar-refractivity contribution in [1.82, 2.24) is 30.4 Å². The molecule has 0 spiro atoms. The SMILES string of the molecule is OC1(c2cn[nH]n2)CN(c2nc(-c3ccccn3)nc3c2CCC3)C1. The van der Waals surface area contributed by atoms with Gasteiger partial charge in [0.05, 0.1) is 19.3 Å².